The predicted octanol–water partition coefficient (Wildman–Crippen LogP) is 4.16. The van der Waals surface area contributed by atoms with Crippen molar-refractivity contribution in [1.82, 2.24) is 10.2 Å². The zero-order valence-corrected chi connectivity index (χ0v) is 20.1. The van der Waals surface area contributed by atoms with E-state index >= 15 is 8.78 Å². The molecule has 1 amide bonds. The highest BCUT2D eigenvalue weighted by atomic mass is 35.5. The lowest BCUT2D eigenvalue weighted by Gasteiger charge is -2.31. The maximum Gasteiger partial charge on any atom is 0.345 e. The molecule has 1 saturated heterocycles. The van der Waals surface area contributed by atoms with Crippen molar-refractivity contribution in [2.75, 3.05) is 32.8 Å². The van der Waals surface area contributed by atoms with Gasteiger partial charge in [-0.2, -0.15) is 8.78 Å². The number of rotatable bonds is 9. The summed E-state index contributed by atoms with van der Waals surface area (Å²) in [4.78, 5) is 14.8. The molecule has 0 bridgehead atoms. The number of carbonyl (C=O) groups excluding carboxylic acids is 1. The summed E-state index contributed by atoms with van der Waals surface area (Å²) in [7, 11) is 0. The number of aliphatic hydroxyl groups excluding tert-OH is 1. The quantitative estimate of drug-likeness (QED) is 0.500. The van der Waals surface area contributed by atoms with Crippen LogP contribution in [-0.2, 0) is 11.2 Å². The number of amides is 1. The second kappa shape index (κ2) is 10.9. The molecule has 2 aliphatic rings. The number of halogens is 3. The maximum atomic E-state index is 15.1. The van der Waals surface area contributed by atoms with Gasteiger partial charge >= 0.3 is 5.92 Å². The van der Waals surface area contributed by atoms with E-state index < -0.39 is 29.5 Å². The Morgan fingerprint density at radius 2 is 1.86 bits per heavy atom. The minimum absolute atomic E-state index is 0.206. The number of ether oxygens (including phenoxy) is 2. The van der Waals surface area contributed by atoms with Crippen LogP contribution in [0.2, 0.25) is 5.02 Å². The summed E-state index contributed by atoms with van der Waals surface area (Å²) >= 11 is 5.95. The first kappa shape index (κ1) is 25.4. The van der Waals surface area contributed by atoms with Crippen molar-refractivity contribution in [3.05, 3.63) is 70.8 Å². The van der Waals surface area contributed by atoms with Gasteiger partial charge in [-0.05, 0) is 67.7 Å². The molecule has 2 aromatic rings. The average Bonchev–Trinajstić information content (AvgIpc) is 3.36. The summed E-state index contributed by atoms with van der Waals surface area (Å²) in [6, 6.07) is 10.5. The third kappa shape index (κ3) is 6.12. The highest BCUT2D eigenvalue weighted by Crippen LogP contribution is 2.34. The van der Waals surface area contributed by atoms with Crippen molar-refractivity contribution in [3.63, 3.8) is 0 Å². The van der Waals surface area contributed by atoms with Gasteiger partial charge in [0.15, 0.2) is 11.5 Å². The number of likely N-dealkylation sites (tertiary alicyclic amines) is 1. The lowest BCUT2D eigenvalue weighted by molar-refractivity contribution is -0.142. The van der Waals surface area contributed by atoms with Crippen LogP contribution >= 0.6 is 11.6 Å². The Labute approximate surface area is 208 Å². The first-order chi connectivity index (χ1) is 16.7. The summed E-state index contributed by atoms with van der Waals surface area (Å²) in [5.74, 6) is -4.31. The standard InChI is InChI=1S/C26H29ClF2N2O4/c1-17(13-18-5-4-6-20(27)14-18)26(28,29)25(33)30-21(16-31-9-2-3-10-31)24(32)19-7-8-22-23(15-19)35-12-11-34-22/h4-8,14-15,21,24,32H,1-3,9-13,16H2,(H,30,33)/t21-,24-/m1/s1. The number of carbonyl (C=O) groups is 1. The zero-order valence-electron chi connectivity index (χ0n) is 19.3. The maximum absolute atomic E-state index is 15.1. The molecule has 0 aromatic heterocycles. The third-order valence-corrected chi connectivity index (χ3v) is 6.53. The van der Waals surface area contributed by atoms with Crippen LogP contribution in [-0.4, -0.2) is 60.7 Å². The molecule has 2 aliphatic heterocycles. The van der Waals surface area contributed by atoms with Crippen LogP contribution in [0.5, 0.6) is 11.5 Å². The molecule has 2 atom stereocenters. The largest absolute Gasteiger partial charge is 0.486 e. The molecule has 0 spiro atoms. The number of fused-ring (bicyclic) bond motifs is 1. The summed E-state index contributed by atoms with van der Waals surface area (Å²) in [6.07, 6.45) is 0.524. The number of nitrogens with zero attached hydrogens (tertiary/aromatic N) is 1. The first-order valence-corrected chi connectivity index (χ1v) is 12.0. The van der Waals surface area contributed by atoms with Crippen molar-refractivity contribution in [2.24, 2.45) is 0 Å². The van der Waals surface area contributed by atoms with E-state index in [1.807, 2.05) is 4.90 Å². The summed E-state index contributed by atoms with van der Waals surface area (Å²) in [5, 5.41) is 14.0. The second-order valence-electron chi connectivity index (χ2n) is 8.92. The Morgan fingerprint density at radius 3 is 2.57 bits per heavy atom. The Hall–Kier alpha value is -2.68. The number of benzene rings is 2. The van der Waals surface area contributed by atoms with E-state index in [0.29, 0.717) is 40.9 Å². The molecule has 0 radical (unpaired) electrons. The minimum atomic E-state index is -3.84. The van der Waals surface area contributed by atoms with Gasteiger partial charge in [-0.15, -0.1) is 0 Å². The van der Waals surface area contributed by atoms with Crippen LogP contribution < -0.4 is 14.8 Å². The van der Waals surface area contributed by atoms with E-state index in [1.54, 1.807) is 42.5 Å². The number of hydrogen-bond acceptors (Lipinski definition) is 5. The van der Waals surface area contributed by atoms with Gasteiger partial charge in [0.2, 0.25) is 0 Å². The smallest absolute Gasteiger partial charge is 0.345 e. The average molecular weight is 507 g/mol. The molecule has 0 unspecified atom stereocenters. The van der Waals surface area contributed by atoms with E-state index in [-0.39, 0.29) is 13.0 Å². The topological polar surface area (TPSA) is 71.0 Å². The van der Waals surface area contributed by atoms with E-state index in [1.165, 1.54) is 0 Å². The van der Waals surface area contributed by atoms with Gasteiger partial charge < -0.3 is 24.8 Å². The molecular formula is C26H29ClF2N2O4. The fraction of sp³-hybridized carbons (Fsp3) is 0.423. The Morgan fingerprint density at radius 1 is 1.14 bits per heavy atom. The number of hydrogen-bond donors (Lipinski definition) is 2. The predicted molar refractivity (Wildman–Crippen MR) is 129 cm³/mol. The molecule has 9 heteroatoms. The summed E-state index contributed by atoms with van der Waals surface area (Å²) in [6.45, 7) is 6.07. The van der Waals surface area contributed by atoms with Crippen molar-refractivity contribution >= 4 is 17.5 Å². The van der Waals surface area contributed by atoms with Crippen LogP contribution in [0, 0.1) is 0 Å². The zero-order chi connectivity index (χ0) is 25.0. The lowest BCUT2D eigenvalue weighted by atomic mass is 9.98. The van der Waals surface area contributed by atoms with E-state index in [0.717, 1.165) is 25.9 Å². The SMILES string of the molecule is C=C(Cc1cccc(Cl)c1)C(F)(F)C(=O)N[C@H](CN1CCCC1)[C@H](O)c1ccc2c(c1)OCCO2. The first-order valence-electron chi connectivity index (χ1n) is 11.7. The van der Waals surface area contributed by atoms with Crippen molar-refractivity contribution in [2.45, 2.75) is 37.3 Å². The molecule has 6 nitrogen and oxygen atoms in total. The minimum Gasteiger partial charge on any atom is -0.486 e. The van der Waals surface area contributed by atoms with Gasteiger partial charge in [0.05, 0.1) is 6.04 Å². The Balaban J connectivity index is 1.50. The Bertz CT molecular complexity index is 1080. The summed E-state index contributed by atoms with van der Waals surface area (Å²) in [5.41, 5.74) is 0.422. The highest BCUT2D eigenvalue weighted by Gasteiger charge is 2.43. The summed E-state index contributed by atoms with van der Waals surface area (Å²) < 4.78 is 41.3. The van der Waals surface area contributed by atoms with Gasteiger partial charge in [0, 0.05) is 17.1 Å². The van der Waals surface area contributed by atoms with Crippen LogP contribution in [0.15, 0.2) is 54.6 Å². The molecule has 188 valence electrons. The fourth-order valence-electron chi connectivity index (χ4n) is 4.37. The molecule has 0 saturated carbocycles. The van der Waals surface area contributed by atoms with Crippen molar-refractivity contribution < 1.29 is 28.2 Å². The number of aliphatic hydroxyl groups is 1. The van der Waals surface area contributed by atoms with Gasteiger partial charge in [-0.25, -0.2) is 0 Å². The fourth-order valence-corrected chi connectivity index (χ4v) is 4.58. The number of nitrogens with one attached hydrogen (secondary N) is 1. The molecule has 1 fully saturated rings. The van der Waals surface area contributed by atoms with Crippen molar-refractivity contribution in [3.8, 4) is 11.5 Å². The van der Waals surface area contributed by atoms with Gasteiger partial charge in [-0.1, -0.05) is 36.4 Å². The third-order valence-electron chi connectivity index (χ3n) is 6.29. The molecule has 4 rings (SSSR count). The van der Waals surface area contributed by atoms with Gasteiger partial charge in [0.25, 0.3) is 5.91 Å². The van der Waals surface area contributed by atoms with Crippen LogP contribution in [0.3, 0.4) is 0 Å². The molecule has 2 N–H and O–H groups in total. The van der Waals surface area contributed by atoms with E-state index in [4.69, 9.17) is 21.1 Å². The normalized spacial score (nSPS) is 17.6. The van der Waals surface area contributed by atoms with Gasteiger partial charge in [-0.3, -0.25) is 4.79 Å². The molecule has 2 heterocycles. The van der Waals surface area contributed by atoms with Crippen LogP contribution in [0.4, 0.5) is 8.78 Å². The molecular weight excluding hydrogens is 478 g/mol. The highest BCUT2D eigenvalue weighted by molar-refractivity contribution is 6.30. The van der Waals surface area contributed by atoms with Gasteiger partial charge in [0.1, 0.15) is 19.3 Å². The monoisotopic (exact) mass is 506 g/mol. The lowest BCUT2D eigenvalue weighted by Crippen LogP contribution is -2.52. The van der Waals surface area contributed by atoms with Crippen molar-refractivity contribution in [1.29, 1.82) is 0 Å². The Kier molecular flexibility index (Phi) is 7.94. The number of alkyl halides is 2. The van der Waals surface area contributed by atoms with E-state index in [9.17, 15) is 9.90 Å². The van der Waals surface area contributed by atoms with Crippen LogP contribution in [0.1, 0.15) is 30.1 Å². The molecule has 35 heavy (non-hydrogen) atoms. The second-order valence-corrected chi connectivity index (χ2v) is 9.36. The van der Waals surface area contributed by atoms with Crippen LogP contribution in [0.25, 0.3) is 0 Å². The molecule has 2 aromatic carbocycles. The van der Waals surface area contributed by atoms with E-state index in [2.05, 4.69) is 11.9 Å². The molecule has 0 aliphatic carbocycles.